The number of aldehydes is 1. The maximum Gasteiger partial charge on any atom is 0.143 e. The molecule has 0 saturated heterocycles. The zero-order valence-electron chi connectivity index (χ0n) is 14.2. The molecule has 0 spiro atoms. The molecule has 132 valence electrons. The Labute approximate surface area is 161 Å². The number of rotatable bonds is 7. The second-order valence-electron chi connectivity index (χ2n) is 6.03. The summed E-state index contributed by atoms with van der Waals surface area (Å²) in [5, 5.41) is 1.01. The molecule has 0 amide bonds. The van der Waals surface area contributed by atoms with Crippen LogP contribution in [0.5, 0.6) is 5.75 Å². The molecular weight excluding hydrogens is 398 g/mol. The van der Waals surface area contributed by atoms with Gasteiger partial charge in [0.1, 0.15) is 18.1 Å². The molecule has 0 fully saturated rings. The highest BCUT2D eigenvalue weighted by atomic mass is 79.9. The van der Waals surface area contributed by atoms with Gasteiger partial charge in [0.05, 0.1) is 17.5 Å². The Balaban J connectivity index is 1.89. The van der Waals surface area contributed by atoms with E-state index in [1.165, 1.54) is 4.90 Å². The third kappa shape index (κ3) is 4.04. The molecule has 2 unspecified atom stereocenters. The van der Waals surface area contributed by atoms with Crippen LogP contribution in [0.3, 0.4) is 0 Å². The minimum Gasteiger partial charge on any atom is -0.493 e. The number of nitrogens with zero attached hydrogens (tertiary/aromatic N) is 1. The Hall–Kier alpha value is -1.46. The number of likely N-dealkylation sites (N-methyl/N-ethyl adjacent to an activating group) is 1. The average molecular weight is 420 g/mol. The van der Waals surface area contributed by atoms with Gasteiger partial charge in [0.2, 0.25) is 0 Å². The van der Waals surface area contributed by atoms with Crippen molar-refractivity contribution < 1.29 is 9.53 Å². The summed E-state index contributed by atoms with van der Waals surface area (Å²) >= 11 is 5.19. The van der Waals surface area contributed by atoms with Crippen LogP contribution < -0.4 is 9.64 Å². The summed E-state index contributed by atoms with van der Waals surface area (Å²) in [5.74, 6) is 0.884. The zero-order chi connectivity index (χ0) is 17.6. The minimum atomic E-state index is -0.216. The lowest BCUT2D eigenvalue weighted by Crippen LogP contribution is -2.40. The Morgan fingerprint density at radius 1 is 1.16 bits per heavy atom. The van der Waals surface area contributed by atoms with Crippen LogP contribution in [0.1, 0.15) is 23.7 Å². The second kappa shape index (κ2) is 8.77. The Bertz CT molecular complexity index is 724. The third-order valence-corrected chi connectivity index (χ3v) is 6.35. The summed E-state index contributed by atoms with van der Waals surface area (Å²) in [5.41, 5.74) is 2.20. The van der Waals surface area contributed by atoms with Crippen LogP contribution in [0, 0.1) is 0 Å². The van der Waals surface area contributed by atoms with Crippen LogP contribution in [0.2, 0.25) is 0 Å². The first-order valence-electron chi connectivity index (χ1n) is 8.47. The van der Waals surface area contributed by atoms with E-state index in [9.17, 15) is 4.79 Å². The van der Waals surface area contributed by atoms with Gasteiger partial charge in [-0.2, -0.15) is 0 Å². The summed E-state index contributed by atoms with van der Waals surface area (Å²) in [6, 6.07) is 16.1. The quantitative estimate of drug-likeness (QED) is 0.355. The SMILES string of the molecule is CN1c2ccccc2SC(c2ccccc2OCCCCBr)C1C=O. The number of thioether (sulfide) groups is 1. The second-order valence-corrected chi connectivity index (χ2v) is 8.00. The van der Waals surface area contributed by atoms with E-state index in [2.05, 4.69) is 39.0 Å². The largest absolute Gasteiger partial charge is 0.493 e. The van der Waals surface area contributed by atoms with Crippen molar-refractivity contribution in [2.24, 2.45) is 0 Å². The minimum absolute atomic E-state index is 0.0183. The van der Waals surface area contributed by atoms with Gasteiger partial charge in [0.25, 0.3) is 0 Å². The van der Waals surface area contributed by atoms with E-state index in [4.69, 9.17) is 4.74 Å². The molecule has 2 aromatic rings. The van der Waals surface area contributed by atoms with Crippen LogP contribution in [-0.4, -0.2) is 31.3 Å². The maximum atomic E-state index is 11.9. The number of ether oxygens (including phenoxy) is 1. The highest BCUT2D eigenvalue weighted by Gasteiger charge is 2.35. The van der Waals surface area contributed by atoms with Crippen LogP contribution >= 0.6 is 27.7 Å². The molecule has 0 saturated carbocycles. The highest BCUT2D eigenvalue weighted by Crippen LogP contribution is 2.49. The normalized spacial score (nSPS) is 19.4. The first kappa shape index (κ1) is 18.3. The number of anilines is 1. The van der Waals surface area contributed by atoms with Crippen LogP contribution in [0.15, 0.2) is 53.4 Å². The molecule has 1 aliphatic heterocycles. The van der Waals surface area contributed by atoms with Gasteiger partial charge in [-0.1, -0.05) is 46.3 Å². The van der Waals surface area contributed by atoms with Crippen molar-refractivity contribution in [2.45, 2.75) is 29.0 Å². The van der Waals surface area contributed by atoms with Gasteiger partial charge < -0.3 is 14.4 Å². The van der Waals surface area contributed by atoms with Crippen molar-refractivity contribution in [1.29, 1.82) is 0 Å². The van der Waals surface area contributed by atoms with E-state index in [1.54, 1.807) is 11.8 Å². The summed E-state index contributed by atoms with van der Waals surface area (Å²) < 4.78 is 6.04. The number of carbonyl (C=O) groups is 1. The third-order valence-electron chi connectivity index (χ3n) is 4.41. The summed E-state index contributed by atoms with van der Waals surface area (Å²) in [4.78, 5) is 15.1. The molecule has 3 rings (SSSR count). The van der Waals surface area contributed by atoms with Crippen molar-refractivity contribution >= 4 is 39.7 Å². The molecule has 0 aromatic heterocycles. The number of fused-ring (bicyclic) bond motifs is 1. The van der Waals surface area contributed by atoms with E-state index >= 15 is 0 Å². The smallest absolute Gasteiger partial charge is 0.143 e. The average Bonchev–Trinajstić information content (AvgIpc) is 2.65. The molecule has 1 aliphatic rings. The Morgan fingerprint density at radius 2 is 1.92 bits per heavy atom. The first-order valence-corrected chi connectivity index (χ1v) is 10.5. The van der Waals surface area contributed by atoms with Gasteiger partial charge in [-0.15, -0.1) is 11.8 Å². The number of halogens is 1. The molecule has 25 heavy (non-hydrogen) atoms. The molecule has 0 bridgehead atoms. The van der Waals surface area contributed by atoms with Gasteiger partial charge in [0.15, 0.2) is 0 Å². The van der Waals surface area contributed by atoms with Gasteiger partial charge in [0, 0.05) is 22.8 Å². The van der Waals surface area contributed by atoms with E-state index < -0.39 is 0 Å². The van der Waals surface area contributed by atoms with E-state index in [0.29, 0.717) is 6.61 Å². The Morgan fingerprint density at radius 3 is 2.72 bits per heavy atom. The van der Waals surface area contributed by atoms with Crippen molar-refractivity contribution in [2.75, 3.05) is 23.9 Å². The summed E-state index contributed by atoms with van der Waals surface area (Å²) in [6.45, 7) is 0.693. The molecule has 0 aliphatic carbocycles. The van der Waals surface area contributed by atoms with Crippen molar-refractivity contribution in [3.8, 4) is 5.75 Å². The first-order chi connectivity index (χ1) is 12.3. The maximum absolute atomic E-state index is 11.9. The molecule has 0 radical (unpaired) electrons. The number of hydrogen-bond acceptors (Lipinski definition) is 4. The van der Waals surface area contributed by atoms with Gasteiger partial charge >= 0.3 is 0 Å². The molecule has 5 heteroatoms. The van der Waals surface area contributed by atoms with Gasteiger partial charge in [-0.05, 0) is 31.0 Å². The molecule has 2 atom stereocenters. The Kier molecular flexibility index (Phi) is 6.43. The fourth-order valence-corrected chi connectivity index (χ4v) is 4.92. The van der Waals surface area contributed by atoms with Crippen molar-refractivity contribution in [3.63, 3.8) is 0 Å². The fourth-order valence-electron chi connectivity index (χ4n) is 3.05. The van der Waals surface area contributed by atoms with Gasteiger partial charge in [-0.25, -0.2) is 0 Å². The fraction of sp³-hybridized carbons (Fsp3) is 0.350. The van der Waals surface area contributed by atoms with E-state index in [-0.39, 0.29) is 11.3 Å². The number of alkyl halides is 1. The van der Waals surface area contributed by atoms with Crippen molar-refractivity contribution in [1.82, 2.24) is 0 Å². The molecule has 0 N–H and O–H groups in total. The number of carbonyl (C=O) groups excluding carboxylic acids is 1. The lowest BCUT2D eigenvalue weighted by molar-refractivity contribution is -0.109. The predicted octanol–water partition coefficient (Wildman–Crippen LogP) is 5.09. The number of para-hydroxylation sites is 2. The standard InChI is InChI=1S/C20H22BrNO2S/c1-22-16-9-3-5-11-19(16)25-20(17(22)14-23)15-8-2-4-10-18(15)24-13-7-6-12-21/h2-5,8-11,14,17,20H,6-7,12-13H2,1H3. The lowest BCUT2D eigenvalue weighted by atomic mass is 10.0. The molecule has 3 nitrogen and oxygen atoms in total. The summed E-state index contributed by atoms with van der Waals surface area (Å²) in [7, 11) is 1.99. The molecule has 1 heterocycles. The molecule has 2 aromatic carbocycles. The number of hydrogen-bond donors (Lipinski definition) is 0. The highest BCUT2D eigenvalue weighted by molar-refractivity contribution is 9.09. The number of benzene rings is 2. The summed E-state index contributed by atoms with van der Waals surface area (Å²) in [6.07, 6.45) is 3.15. The van der Waals surface area contributed by atoms with E-state index in [1.807, 2.05) is 37.4 Å². The monoisotopic (exact) mass is 419 g/mol. The zero-order valence-corrected chi connectivity index (χ0v) is 16.6. The van der Waals surface area contributed by atoms with Crippen LogP contribution in [0.4, 0.5) is 5.69 Å². The topological polar surface area (TPSA) is 29.5 Å². The van der Waals surface area contributed by atoms with Crippen molar-refractivity contribution in [3.05, 3.63) is 54.1 Å². The predicted molar refractivity (Wildman–Crippen MR) is 108 cm³/mol. The van der Waals surface area contributed by atoms with Crippen LogP contribution in [0.25, 0.3) is 0 Å². The van der Waals surface area contributed by atoms with E-state index in [0.717, 1.165) is 41.5 Å². The van der Waals surface area contributed by atoms with Crippen LogP contribution in [-0.2, 0) is 4.79 Å². The lowest BCUT2D eigenvalue weighted by Gasteiger charge is -2.38. The number of unbranched alkanes of at least 4 members (excludes halogenated alkanes) is 1. The molecular formula is C20H22BrNO2S. The van der Waals surface area contributed by atoms with Gasteiger partial charge in [-0.3, -0.25) is 0 Å².